The number of hydrogen-bond donors (Lipinski definition) is 1. The van der Waals surface area contributed by atoms with Gasteiger partial charge in [-0.3, -0.25) is 9.59 Å². The third-order valence-electron chi connectivity index (χ3n) is 4.69. The first-order chi connectivity index (χ1) is 13.8. The molecule has 3 aromatic rings. The van der Waals surface area contributed by atoms with Gasteiger partial charge in [0.25, 0.3) is 11.8 Å². The molecule has 3 heterocycles. The molecular weight excluding hydrogens is 387 g/mol. The first-order valence-electron chi connectivity index (χ1n) is 8.94. The van der Waals surface area contributed by atoms with Crippen LogP contribution >= 0.6 is 0 Å². The van der Waals surface area contributed by atoms with Crippen LogP contribution in [0.1, 0.15) is 39.3 Å². The summed E-state index contributed by atoms with van der Waals surface area (Å²) in [6, 6.07) is 7.58. The Labute approximate surface area is 163 Å². The van der Waals surface area contributed by atoms with Crippen LogP contribution in [0, 0.1) is 0 Å². The fraction of sp³-hybridized carbons (Fsp3) is 0.263. The number of alkyl halides is 3. The van der Waals surface area contributed by atoms with Crippen LogP contribution in [-0.2, 0) is 6.18 Å². The highest BCUT2D eigenvalue weighted by Crippen LogP contribution is 2.32. The molecule has 4 rings (SSSR count). The predicted octanol–water partition coefficient (Wildman–Crippen LogP) is 3.24. The Bertz CT molecular complexity index is 1090. The Morgan fingerprint density at radius 1 is 1.07 bits per heavy atom. The van der Waals surface area contributed by atoms with E-state index in [1.807, 2.05) is 0 Å². The van der Waals surface area contributed by atoms with E-state index in [-0.39, 0.29) is 16.9 Å². The van der Waals surface area contributed by atoms with Crippen molar-refractivity contribution in [3.63, 3.8) is 0 Å². The number of fused-ring (bicyclic) bond motifs is 1. The van der Waals surface area contributed by atoms with Gasteiger partial charge in [-0.1, -0.05) is 6.07 Å². The van der Waals surface area contributed by atoms with Crippen molar-refractivity contribution >= 4 is 23.1 Å². The van der Waals surface area contributed by atoms with E-state index in [4.69, 9.17) is 0 Å². The lowest BCUT2D eigenvalue weighted by Crippen LogP contribution is -2.28. The van der Waals surface area contributed by atoms with Crippen LogP contribution in [0.15, 0.2) is 42.7 Å². The largest absolute Gasteiger partial charge is 0.416 e. The number of benzene rings is 1. The molecule has 1 N–H and O–H groups in total. The Hall–Kier alpha value is -3.43. The molecule has 10 heteroatoms. The van der Waals surface area contributed by atoms with E-state index < -0.39 is 23.6 Å². The highest BCUT2D eigenvalue weighted by molar-refractivity contribution is 6.04. The van der Waals surface area contributed by atoms with Gasteiger partial charge in [0.2, 0.25) is 0 Å². The maximum Gasteiger partial charge on any atom is 0.416 e. The van der Waals surface area contributed by atoms with E-state index in [1.54, 1.807) is 12.1 Å². The van der Waals surface area contributed by atoms with E-state index in [2.05, 4.69) is 15.4 Å². The van der Waals surface area contributed by atoms with Crippen LogP contribution in [0.4, 0.5) is 18.9 Å². The second-order valence-corrected chi connectivity index (χ2v) is 6.69. The van der Waals surface area contributed by atoms with Crippen LogP contribution < -0.4 is 5.32 Å². The number of carbonyl (C=O) groups excluding carboxylic acids is 2. The smallest absolute Gasteiger partial charge is 0.339 e. The van der Waals surface area contributed by atoms with E-state index in [1.165, 1.54) is 27.9 Å². The van der Waals surface area contributed by atoms with Crippen molar-refractivity contribution in [2.24, 2.45) is 0 Å². The summed E-state index contributed by atoms with van der Waals surface area (Å²) >= 11 is 0. The van der Waals surface area contributed by atoms with Gasteiger partial charge < -0.3 is 10.2 Å². The third-order valence-corrected chi connectivity index (χ3v) is 4.69. The van der Waals surface area contributed by atoms with Gasteiger partial charge in [0, 0.05) is 24.3 Å². The number of halogens is 3. The van der Waals surface area contributed by atoms with Crippen LogP contribution in [0.3, 0.4) is 0 Å². The number of carbonyl (C=O) groups is 2. The number of rotatable bonds is 3. The first kappa shape index (κ1) is 18.9. The number of nitrogens with zero attached hydrogens (tertiary/aromatic N) is 4. The highest BCUT2D eigenvalue weighted by atomic mass is 19.4. The van der Waals surface area contributed by atoms with Gasteiger partial charge >= 0.3 is 6.18 Å². The number of aromatic nitrogens is 3. The van der Waals surface area contributed by atoms with E-state index >= 15 is 0 Å². The minimum Gasteiger partial charge on any atom is -0.339 e. The van der Waals surface area contributed by atoms with Gasteiger partial charge in [-0.2, -0.15) is 18.3 Å². The molecule has 0 aliphatic carbocycles. The van der Waals surface area contributed by atoms with Crippen molar-refractivity contribution in [3.8, 4) is 0 Å². The monoisotopic (exact) mass is 403 g/mol. The zero-order chi connectivity index (χ0) is 20.6. The van der Waals surface area contributed by atoms with Gasteiger partial charge in [-0.25, -0.2) is 9.50 Å². The minimum absolute atomic E-state index is 0.102. The van der Waals surface area contributed by atoms with Gasteiger partial charge in [0.15, 0.2) is 5.65 Å². The molecule has 1 aliphatic heterocycles. The molecule has 7 nitrogen and oxygen atoms in total. The first-order valence-corrected chi connectivity index (χ1v) is 8.94. The molecule has 0 bridgehead atoms. The highest BCUT2D eigenvalue weighted by Gasteiger charge is 2.33. The van der Waals surface area contributed by atoms with E-state index in [0.29, 0.717) is 18.7 Å². The summed E-state index contributed by atoms with van der Waals surface area (Å²) in [5.41, 5.74) is -0.714. The summed E-state index contributed by atoms with van der Waals surface area (Å²) in [7, 11) is 0. The quantitative estimate of drug-likeness (QED) is 0.728. The SMILES string of the molecule is O=C(Nc1cc(C(=O)N2CCCC2)cc(C(F)(F)F)c1)c1cccc2ncnn12. The minimum atomic E-state index is -4.66. The number of amides is 2. The number of pyridine rings is 1. The van der Waals surface area contributed by atoms with Gasteiger partial charge in [0.05, 0.1) is 5.56 Å². The standard InChI is InChI=1S/C19H16F3N5O2/c20-19(21,22)13-8-12(18(29)26-6-1-2-7-26)9-14(10-13)25-17(28)15-4-3-5-16-23-11-24-27(15)16/h3-5,8-11H,1-2,6-7H2,(H,25,28). The van der Waals surface area contributed by atoms with Crippen LogP contribution in [0.25, 0.3) is 5.65 Å². The molecule has 0 radical (unpaired) electrons. The fourth-order valence-corrected chi connectivity index (χ4v) is 3.30. The normalized spacial score (nSPS) is 14.4. The molecule has 1 aromatic carbocycles. The second kappa shape index (κ2) is 7.19. The lowest BCUT2D eigenvalue weighted by molar-refractivity contribution is -0.137. The Morgan fingerprint density at radius 2 is 1.83 bits per heavy atom. The lowest BCUT2D eigenvalue weighted by Gasteiger charge is -2.18. The lowest BCUT2D eigenvalue weighted by atomic mass is 10.1. The summed E-state index contributed by atoms with van der Waals surface area (Å²) in [5.74, 6) is -1.15. The fourth-order valence-electron chi connectivity index (χ4n) is 3.30. The average molecular weight is 403 g/mol. The second-order valence-electron chi connectivity index (χ2n) is 6.69. The summed E-state index contributed by atoms with van der Waals surface area (Å²) in [6.45, 7) is 1.01. The summed E-state index contributed by atoms with van der Waals surface area (Å²) < 4.78 is 41.3. The molecule has 2 aromatic heterocycles. The van der Waals surface area contributed by atoms with E-state index in [0.717, 1.165) is 25.0 Å². The Kier molecular flexibility index (Phi) is 4.69. The van der Waals surface area contributed by atoms with Gasteiger partial charge in [0.1, 0.15) is 12.0 Å². The van der Waals surface area contributed by atoms with Crippen molar-refractivity contribution < 1.29 is 22.8 Å². The zero-order valence-corrected chi connectivity index (χ0v) is 15.1. The average Bonchev–Trinajstić information content (AvgIpc) is 3.37. The van der Waals surface area contributed by atoms with Gasteiger partial charge in [-0.15, -0.1) is 0 Å². The molecule has 1 aliphatic rings. The van der Waals surface area contributed by atoms with Crippen molar-refractivity contribution in [1.29, 1.82) is 0 Å². The van der Waals surface area contributed by atoms with E-state index in [9.17, 15) is 22.8 Å². The van der Waals surface area contributed by atoms with Crippen molar-refractivity contribution in [2.45, 2.75) is 19.0 Å². The van der Waals surface area contributed by atoms with Crippen LogP contribution in [0.2, 0.25) is 0 Å². The number of anilines is 1. The zero-order valence-electron chi connectivity index (χ0n) is 15.1. The molecule has 150 valence electrons. The van der Waals surface area contributed by atoms with Gasteiger partial charge in [-0.05, 0) is 43.2 Å². The summed E-state index contributed by atoms with van der Waals surface area (Å²) in [5, 5.41) is 6.38. The number of hydrogen-bond acceptors (Lipinski definition) is 4. The molecule has 29 heavy (non-hydrogen) atoms. The Balaban J connectivity index is 1.68. The van der Waals surface area contributed by atoms with Crippen LogP contribution in [0.5, 0.6) is 0 Å². The number of nitrogens with one attached hydrogen (secondary N) is 1. The van der Waals surface area contributed by atoms with Crippen molar-refractivity contribution in [1.82, 2.24) is 19.5 Å². The maximum atomic E-state index is 13.4. The molecule has 1 fully saturated rings. The summed E-state index contributed by atoms with van der Waals surface area (Å²) in [4.78, 5) is 30.7. The molecular formula is C19H16F3N5O2. The predicted molar refractivity (Wildman–Crippen MR) is 97.5 cm³/mol. The Morgan fingerprint density at radius 3 is 2.55 bits per heavy atom. The summed E-state index contributed by atoms with van der Waals surface area (Å²) in [6.07, 6.45) is -1.76. The maximum absolute atomic E-state index is 13.4. The molecule has 1 saturated heterocycles. The topological polar surface area (TPSA) is 79.6 Å². The molecule has 2 amide bonds. The third kappa shape index (κ3) is 3.78. The number of likely N-dealkylation sites (tertiary alicyclic amines) is 1. The van der Waals surface area contributed by atoms with Crippen molar-refractivity contribution in [2.75, 3.05) is 18.4 Å². The molecule has 0 unspecified atom stereocenters. The van der Waals surface area contributed by atoms with Crippen molar-refractivity contribution in [3.05, 3.63) is 59.5 Å². The molecule has 0 saturated carbocycles. The van der Waals surface area contributed by atoms with Crippen LogP contribution in [-0.4, -0.2) is 44.4 Å². The molecule has 0 spiro atoms. The molecule has 0 atom stereocenters.